The summed E-state index contributed by atoms with van der Waals surface area (Å²) in [6.07, 6.45) is 2.64. The van der Waals surface area contributed by atoms with Crippen molar-refractivity contribution in [1.82, 2.24) is 19.3 Å². The first kappa shape index (κ1) is 22.6. The third-order valence-electron chi connectivity index (χ3n) is 5.52. The van der Waals surface area contributed by atoms with Gasteiger partial charge in [0, 0.05) is 34.3 Å². The van der Waals surface area contributed by atoms with Gasteiger partial charge >= 0.3 is 0 Å². The minimum atomic E-state index is 0.115. The summed E-state index contributed by atoms with van der Waals surface area (Å²) in [4.78, 5) is 14.5. The fraction of sp³-hybridized carbons (Fsp3) is 0.375. The van der Waals surface area contributed by atoms with Crippen LogP contribution in [0.2, 0.25) is 0 Å². The van der Waals surface area contributed by atoms with Crippen molar-refractivity contribution in [3.63, 3.8) is 0 Å². The van der Waals surface area contributed by atoms with Gasteiger partial charge in [-0.05, 0) is 49.9 Å². The Morgan fingerprint density at radius 1 is 1.19 bits per heavy atom. The van der Waals surface area contributed by atoms with Gasteiger partial charge in [-0.2, -0.15) is 0 Å². The minimum Gasteiger partial charge on any atom is -0.467 e. The molecule has 8 heteroatoms. The molecule has 0 fully saturated rings. The maximum absolute atomic E-state index is 13.1. The fourth-order valence-electron chi connectivity index (χ4n) is 3.85. The van der Waals surface area contributed by atoms with Gasteiger partial charge in [-0.15, -0.1) is 21.5 Å². The van der Waals surface area contributed by atoms with E-state index in [1.807, 2.05) is 29.7 Å². The minimum absolute atomic E-state index is 0.115. The van der Waals surface area contributed by atoms with Gasteiger partial charge in [0.25, 0.3) is 0 Å². The molecule has 4 heterocycles. The van der Waals surface area contributed by atoms with Crippen LogP contribution in [0.3, 0.4) is 0 Å². The number of ketones is 1. The third kappa shape index (κ3) is 4.91. The van der Waals surface area contributed by atoms with Gasteiger partial charge in [0.2, 0.25) is 0 Å². The molecule has 0 bridgehead atoms. The summed E-state index contributed by atoms with van der Waals surface area (Å²) >= 11 is 3.21. The normalized spacial score (nSPS) is 11.5. The number of hydrogen-bond acceptors (Lipinski definition) is 6. The van der Waals surface area contributed by atoms with E-state index in [0.29, 0.717) is 12.3 Å². The molecule has 0 aliphatic carbocycles. The number of aryl methyl sites for hydroxylation is 2. The molecule has 0 saturated heterocycles. The second-order valence-corrected chi connectivity index (χ2v) is 10.1. The van der Waals surface area contributed by atoms with Gasteiger partial charge in [0.1, 0.15) is 11.6 Å². The van der Waals surface area contributed by atoms with Crippen molar-refractivity contribution in [1.29, 1.82) is 0 Å². The van der Waals surface area contributed by atoms with Crippen LogP contribution in [0.4, 0.5) is 0 Å². The van der Waals surface area contributed by atoms with Crippen LogP contribution in [-0.4, -0.2) is 30.9 Å². The van der Waals surface area contributed by atoms with E-state index in [2.05, 4.69) is 53.0 Å². The molecule has 0 aliphatic rings. The monoisotopic (exact) mass is 468 g/mol. The molecule has 0 aliphatic heterocycles. The van der Waals surface area contributed by atoms with E-state index in [9.17, 15) is 4.79 Å². The summed E-state index contributed by atoms with van der Waals surface area (Å²) in [5, 5.41) is 11.6. The second kappa shape index (κ2) is 9.92. The molecule has 0 unspecified atom stereocenters. The Morgan fingerprint density at radius 2 is 2.03 bits per heavy atom. The number of furan rings is 1. The summed E-state index contributed by atoms with van der Waals surface area (Å²) in [7, 11) is 0. The molecule has 4 aromatic rings. The van der Waals surface area contributed by atoms with Crippen molar-refractivity contribution < 1.29 is 9.21 Å². The molecule has 0 N–H and O–H groups in total. The molecule has 0 radical (unpaired) electrons. The molecular weight excluding hydrogens is 440 g/mol. The van der Waals surface area contributed by atoms with Gasteiger partial charge in [0.05, 0.1) is 18.6 Å². The molecule has 4 aromatic heterocycles. The van der Waals surface area contributed by atoms with Crippen molar-refractivity contribution in [3.05, 3.63) is 75.4 Å². The zero-order valence-electron chi connectivity index (χ0n) is 18.9. The average molecular weight is 469 g/mol. The number of hydrogen-bond donors (Lipinski definition) is 0. The molecule has 0 amide bonds. The molecule has 6 nitrogen and oxygen atoms in total. The van der Waals surface area contributed by atoms with E-state index >= 15 is 0 Å². The lowest BCUT2D eigenvalue weighted by Crippen LogP contribution is -2.10. The SMILES string of the molecule is Cc1cc(C(=O)CSc2nnc(C(C)C)n2Cc2ccco2)c(C)n1CCc1cccs1. The lowest BCUT2D eigenvalue weighted by molar-refractivity contribution is 0.102. The van der Waals surface area contributed by atoms with Crippen molar-refractivity contribution in [2.24, 2.45) is 0 Å². The van der Waals surface area contributed by atoms with Crippen LogP contribution in [0.5, 0.6) is 0 Å². The second-order valence-electron chi connectivity index (χ2n) is 8.14. The zero-order chi connectivity index (χ0) is 22.7. The summed E-state index contributed by atoms with van der Waals surface area (Å²) in [5.74, 6) is 2.40. The lowest BCUT2D eigenvalue weighted by atomic mass is 10.2. The summed E-state index contributed by atoms with van der Waals surface area (Å²) in [6, 6.07) is 10.1. The van der Waals surface area contributed by atoms with Crippen molar-refractivity contribution in [2.45, 2.75) is 58.3 Å². The molecule has 32 heavy (non-hydrogen) atoms. The third-order valence-corrected chi connectivity index (χ3v) is 7.43. The average Bonchev–Trinajstić information content (AvgIpc) is 3.55. The number of Topliss-reactive ketones (excluding diaryl/α,β-unsaturated/α-hetero) is 1. The van der Waals surface area contributed by atoms with Crippen LogP contribution in [-0.2, 0) is 19.5 Å². The lowest BCUT2D eigenvalue weighted by Gasteiger charge is -2.11. The summed E-state index contributed by atoms with van der Waals surface area (Å²) in [6.45, 7) is 9.73. The molecule has 0 spiro atoms. The van der Waals surface area contributed by atoms with Gasteiger partial charge in [-0.3, -0.25) is 9.36 Å². The Balaban J connectivity index is 1.46. The standard InChI is InChI=1S/C24H28N4O2S2/c1-16(2)23-25-26-24(28(23)14-19-7-5-11-30-19)32-15-22(29)21-13-17(3)27(18(21)4)10-9-20-8-6-12-31-20/h5-8,11-13,16H,9-10,14-15H2,1-4H3. The summed E-state index contributed by atoms with van der Waals surface area (Å²) in [5.41, 5.74) is 2.95. The van der Waals surface area contributed by atoms with Crippen LogP contribution in [0.15, 0.2) is 51.5 Å². The fourth-order valence-corrected chi connectivity index (χ4v) is 5.38. The van der Waals surface area contributed by atoms with E-state index in [4.69, 9.17) is 4.42 Å². The van der Waals surface area contributed by atoms with Crippen LogP contribution >= 0.6 is 23.1 Å². The molecule has 0 atom stereocenters. The number of thioether (sulfide) groups is 1. The zero-order valence-corrected chi connectivity index (χ0v) is 20.5. The quantitative estimate of drug-likeness (QED) is 0.219. The van der Waals surface area contributed by atoms with Gasteiger partial charge in [-0.25, -0.2) is 0 Å². The number of carbonyl (C=O) groups excluding carboxylic acids is 1. The smallest absolute Gasteiger partial charge is 0.192 e. The molecule has 0 saturated carbocycles. The highest BCUT2D eigenvalue weighted by atomic mass is 32.2. The predicted molar refractivity (Wildman–Crippen MR) is 129 cm³/mol. The first-order chi connectivity index (χ1) is 15.4. The summed E-state index contributed by atoms with van der Waals surface area (Å²) < 4.78 is 9.81. The maximum atomic E-state index is 13.1. The van der Waals surface area contributed by atoms with E-state index in [0.717, 1.165) is 46.7 Å². The molecule has 0 aromatic carbocycles. The highest BCUT2D eigenvalue weighted by molar-refractivity contribution is 7.99. The Labute approximate surface area is 196 Å². The number of carbonyl (C=O) groups is 1. The van der Waals surface area contributed by atoms with Crippen molar-refractivity contribution in [2.75, 3.05) is 5.75 Å². The maximum Gasteiger partial charge on any atom is 0.192 e. The molecule has 4 rings (SSSR count). The Morgan fingerprint density at radius 3 is 2.72 bits per heavy atom. The first-order valence-electron chi connectivity index (χ1n) is 10.7. The largest absolute Gasteiger partial charge is 0.467 e. The first-order valence-corrected chi connectivity index (χ1v) is 12.6. The highest BCUT2D eigenvalue weighted by Crippen LogP contribution is 2.25. The van der Waals surface area contributed by atoms with Crippen molar-refractivity contribution in [3.8, 4) is 0 Å². The van der Waals surface area contributed by atoms with Crippen molar-refractivity contribution >= 4 is 28.9 Å². The Kier molecular flexibility index (Phi) is 7.01. The van der Waals surface area contributed by atoms with E-state index < -0.39 is 0 Å². The van der Waals surface area contributed by atoms with E-state index in [1.54, 1.807) is 17.6 Å². The Hall–Kier alpha value is -2.58. The van der Waals surface area contributed by atoms with Crippen LogP contribution < -0.4 is 0 Å². The number of aromatic nitrogens is 4. The number of thiophene rings is 1. The van der Waals surface area contributed by atoms with Gasteiger partial charge in [0.15, 0.2) is 10.9 Å². The van der Waals surface area contributed by atoms with E-state index in [-0.39, 0.29) is 11.7 Å². The topological polar surface area (TPSA) is 65.8 Å². The van der Waals surface area contributed by atoms with Crippen LogP contribution in [0.1, 0.15) is 58.0 Å². The van der Waals surface area contributed by atoms with Crippen LogP contribution in [0, 0.1) is 13.8 Å². The molecule has 168 valence electrons. The van der Waals surface area contributed by atoms with Gasteiger partial charge in [-0.1, -0.05) is 31.7 Å². The van der Waals surface area contributed by atoms with E-state index in [1.165, 1.54) is 16.6 Å². The van der Waals surface area contributed by atoms with Crippen LogP contribution in [0.25, 0.3) is 0 Å². The van der Waals surface area contributed by atoms with Gasteiger partial charge < -0.3 is 8.98 Å². The molecular formula is C24H28N4O2S2. The highest BCUT2D eigenvalue weighted by Gasteiger charge is 2.20. The Bertz CT molecular complexity index is 1170. The predicted octanol–water partition coefficient (Wildman–Crippen LogP) is 5.74. The number of rotatable bonds is 10. The number of nitrogens with zero attached hydrogens (tertiary/aromatic N) is 4.